The average Bonchev–Trinajstić information content (AvgIpc) is 2.28. The highest BCUT2D eigenvalue weighted by Crippen LogP contribution is 2.25. The summed E-state index contributed by atoms with van der Waals surface area (Å²) in [6, 6.07) is 0. The molecule has 0 radical (unpaired) electrons. The Morgan fingerprint density at radius 3 is 2.69 bits per heavy atom. The van der Waals surface area contributed by atoms with Gasteiger partial charge in [-0.2, -0.15) is 11.8 Å². The monoisotopic (exact) mass is 246 g/mol. The van der Waals surface area contributed by atoms with Crippen LogP contribution in [-0.2, 0) is 9.53 Å². The van der Waals surface area contributed by atoms with Crippen LogP contribution in [0.3, 0.4) is 0 Å². The molecule has 0 bridgehead atoms. The molecule has 4 nitrogen and oxygen atoms in total. The predicted octanol–water partition coefficient (Wildman–Crippen LogP) is 0.752. The predicted molar refractivity (Wildman–Crippen MR) is 67.6 cm³/mol. The number of likely N-dealkylation sites (N-methyl/N-ethyl adjacent to an activating group) is 1. The second kappa shape index (κ2) is 6.47. The Morgan fingerprint density at radius 1 is 1.56 bits per heavy atom. The zero-order chi connectivity index (χ0) is 12.0. The van der Waals surface area contributed by atoms with Gasteiger partial charge in [-0.3, -0.25) is 4.79 Å². The van der Waals surface area contributed by atoms with E-state index in [-0.39, 0.29) is 5.91 Å². The number of hydrogen-bond acceptors (Lipinski definition) is 4. The summed E-state index contributed by atoms with van der Waals surface area (Å²) in [5.74, 6) is 0.467. The molecule has 5 heteroatoms. The van der Waals surface area contributed by atoms with Gasteiger partial charge in [0.05, 0.1) is 0 Å². The Labute approximate surface area is 102 Å². The molecule has 0 spiro atoms. The number of carbonyl (C=O) groups is 1. The van der Waals surface area contributed by atoms with Crippen LogP contribution in [0.2, 0.25) is 0 Å². The lowest BCUT2D eigenvalue weighted by Crippen LogP contribution is -2.55. The Hall–Kier alpha value is -0.260. The molecule has 1 aliphatic rings. The molecule has 0 aromatic heterocycles. The van der Waals surface area contributed by atoms with Gasteiger partial charge in [-0.1, -0.05) is 6.92 Å². The van der Waals surface area contributed by atoms with Crippen LogP contribution in [-0.4, -0.2) is 42.2 Å². The van der Waals surface area contributed by atoms with E-state index in [4.69, 9.17) is 10.5 Å². The molecular formula is C11H22N2O2S. The number of rotatable bonds is 6. The summed E-state index contributed by atoms with van der Waals surface area (Å²) in [7, 11) is 0. The Balaban J connectivity index is 2.39. The molecule has 16 heavy (non-hydrogen) atoms. The highest BCUT2D eigenvalue weighted by molar-refractivity contribution is 8.00. The minimum Gasteiger partial charge on any atom is -0.381 e. The highest BCUT2D eigenvalue weighted by atomic mass is 32.2. The van der Waals surface area contributed by atoms with Crippen molar-refractivity contribution in [2.75, 3.05) is 25.5 Å². The van der Waals surface area contributed by atoms with Gasteiger partial charge in [0.1, 0.15) is 5.54 Å². The summed E-state index contributed by atoms with van der Waals surface area (Å²) >= 11 is 1.83. The zero-order valence-corrected chi connectivity index (χ0v) is 10.9. The quantitative estimate of drug-likeness (QED) is 0.726. The minimum absolute atomic E-state index is 0.270. The Bertz CT molecular complexity index is 232. The third-order valence-corrected chi connectivity index (χ3v) is 4.57. The summed E-state index contributed by atoms with van der Waals surface area (Å²) in [5, 5.41) is 3.77. The van der Waals surface area contributed by atoms with Gasteiger partial charge < -0.3 is 15.8 Å². The van der Waals surface area contributed by atoms with Gasteiger partial charge in [-0.05, 0) is 26.3 Å². The molecule has 1 rings (SSSR count). The highest BCUT2D eigenvalue weighted by Gasteiger charge is 2.31. The summed E-state index contributed by atoms with van der Waals surface area (Å²) in [6.07, 6.45) is 2.15. The van der Waals surface area contributed by atoms with Gasteiger partial charge in [0.15, 0.2) is 0 Å². The minimum atomic E-state index is -0.586. The van der Waals surface area contributed by atoms with E-state index in [2.05, 4.69) is 5.32 Å². The van der Waals surface area contributed by atoms with Crippen LogP contribution in [0.5, 0.6) is 0 Å². The molecule has 0 aromatic rings. The average molecular weight is 246 g/mol. The molecule has 0 aliphatic carbocycles. The fourth-order valence-electron chi connectivity index (χ4n) is 1.73. The third-order valence-electron chi connectivity index (χ3n) is 2.89. The van der Waals surface area contributed by atoms with Gasteiger partial charge >= 0.3 is 0 Å². The zero-order valence-electron chi connectivity index (χ0n) is 10.1. The third kappa shape index (κ3) is 3.96. The smallest absolute Gasteiger partial charge is 0.238 e. The lowest BCUT2D eigenvalue weighted by molar-refractivity contribution is -0.122. The van der Waals surface area contributed by atoms with Crippen LogP contribution >= 0.6 is 11.8 Å². The maximum absolute atomic E-state index is 11.4. The van der Waals surface area contributed by atoms with Crippen LogP contribution in [0.1, 0.15) is 26.7 Å². The second-order valence-corrected chi connectivity index (χ2v) is 5.64. The Morgan fingerprint density at radius 2 is 2.19 bits per heavy atom. The van der Waals surface area contributed by atoms with E-state index in [0.717, 1.165) is 38.4 Å². The van der Waals surface area contributed by atoms with E-state index < -0.39 is 5.54 Å². The molecule has 1 saturated heterocycles. The van der Waals surface area contributed by atoms with Crippen molar-refractivity contribution in [3.05, 3.63) is 0 Å². The van der Waals surface area contributed by atoms with Gasteiger partial charge in [0, 0.05) is 24.2 Å². The standard InChI is InChI=1S/C11H22N2O2S/c1-3-13-11(2,10(12)14)8-16-9-4-6-15-7-5-9/h9,13H,3-8H2,1-2H3,(H2,12,14). The van der Waals surface area contributed by atoms with Crippen LogP contribution in [0.25, 0.3) is 0 Å². The lowest BCUT2D eigenvalue weighted by Gasteiger charge is -2.29. The van der Waals surface area contributed by atoms with E-state index in [1.54, 1.807) is 0 Å². The SMILES string of the molecule is CCNC(C)(CSC1CCOCC1)C(N)=O. The first-order valence-electron chi connectivity index (χ1n) is 5.83. The topological polar surface area (TPSA) is 64.3 Å². The van der Waals surface area contributed by atoms with Crippen LogP contribution in [0.15, 0.2) is 0 Å². The molecule has 0 aromatic carbocycles. The normalized spacial score (nSPS) is 21.6. The first-order chi connectivity index (χ1) is 7.58. The molecular weight excluding hydrogens is 224 g/mol. The summed E-state index contributed by atoms with van der Waals surface area (Å²) in [6.45, 7) is 6.30. The summed E-state index contributed by atoms with van der Waals surface area (Å²) < 4.78 is 5.31. The first kappa shape index (κ1) is 13.8. The van der Waals surface area contributed by atoms with Gasteiger partial charge in [0.25, 0.3) is 0 Å². The van der Waals surface area contributed by atoms with Crippen molar-refractivity contribution in [1.82, 2.24) is 5.32 Å². The van der Waals surface area contributed by atoms with E-state index >= 15 is 0 Å². The van der Waals surface area contributed by atoms with E-state index in [1.807, 2.05) is 25.6 Å². The maximum atomic E-state index is 11.4. The number of primary amides is 1. The molecule has 1 fully saturated rings. The van der Waals surface area contributed by atoms with Crippen molar-refractivity contribution < 1.29 is 9.53 Å². The number of thioether (sulfide) groups is 1. The Kier molecular flexibility index (Phi) is 5.58. The van der Waals surface area contributed by atoms with Crippen molar-refractivity contribution >= 4 is 17.7 Å². The number of amides is 1. The van der Waals surface area contributed by atoms with Crippen molar-refractivity contribution in [3.8, 4) is 0 Å². The lowest BCUT2D eigenvalue weighted by atomic mass is 10.1. The van der Waals surface area contributed by atoms with Crippen molar-refractivity contribution in [3.63, 3.8) is 0 Å². The molecule has 1 atom stereocenters. The molecule has 0 saturated carbocycles. The molecule has 1 amide bonds. The van der Waals surface area contributed by atoms with Crippen LogP contribution < -0.4 is 11.1 Å². The molecule has 1 unspecified atom stereocenters. The van der Waals surface area contributed by atoms with E-state index in [0.29, 0.717) is 5.25 Å². The van der Waals surface area contributed by atoms with Gasteiger partial charge in [-0.15, -0.1) is 0 Å². The molecule has 3 N–H and O–H groups in total. The fraction of sp³-hybridized carbons (Fsp3) is 0.909. The van der Waals surface area contributed by atoms with Crippen LogP contribution in [0, 0.1) is 0 Å². The second-order valence-electron chi connectivity index (χ2n) is 4.35. The van der Waals surface area contributed by atoms with Crippen molar-refractivity contribution in [2.45, 2.75) is 37.5 Å². The number of carbonyl (C=O) groups excluding carboxylic acids is 1. The molecule has 1 aliphatic heterocycles. The molecule has 1 heterocycles. The van der Waals surface area contributed by atoms with Gasteiger partial charge in [0.2, 0.25) is 5.91 Å². The maximum Gasteiger partial charge on any atom is 0.238 e. The number of ether oxygens (including phenoxy) is 1. The summed E-state index contributed by atoms with van der Waals surface area (Å²) in [4.78, 5) is 11.4. The van der Waals surface area contributed by atoms with E-state index in [9.17, 15) is 4.79 Å². The van der Waals surface area contributed by atoms with Crippen LogP contribution in [0.4, 0.5) is 0 Å². The van der Waals surface area contributed by atoms with Crippen molar-refractivity contribution in [2.24, 2.45) is 5.73 Å². The largest absolute Gasteiger partial charge is 0.381 e. The van der Waals surface area contributed by atoms with E-state index in [1.165, 1.54) is 0 Å². The first-order valence-corrected chi connectivity index (χ1v) is 6.87. The summed E-state index contributed by atoms with van der Waals surface area (Å²) in [5.41, 5.74) is 4.85. The molecule has 94 valence electrons. The fourth-order valence-corrected chi connectivity index (χ4v) is 3.07. The van der Waals surface area contributed by atoms with Crippen molar-refractivity contribution in [1.29, 1.82) is 0 Å². The van der Waals surface area contributed by atoms with Gasteiger partial charge in [-0.25, -0.2) is 0 Å². The number of nitrogens with one attached hydrogen (secondary N) is 1. The number of hydrogen-bond donors (Lipinski definition) is 2. The number of nitrogens with two attached hydrogens (primary N) is 1.